The monoisotopic (exact) mass is 387 g/mol. The molecule has 2 aromatic carbocycles. The maximum absolute atomic E-state index is 12.9. The Balaban J connectivity index is 1.73. The number of likely N-dealkylation sites (N-methyl/N-ethyl adjacent to an activating group) is 1. The summed E-state index contributed by atoms with van der Waals surface area (Å²) in [6, 6.07) is 14.1. The van der Waals surface area contributed by atoms with Gasteiger partial charge in [0, 0.05) is 38.3 Å². The SMILES string of the molecule is Cc1ccccc1CNC(=O)c1cccc(S(=O)(=O)N2CCN(C)CC2)c1. The van der Waals surface area contributed by atoms with E-state index in [4.69, 9.17) is 0 Å². The Morgan fingerprint density at radius 1 is 1.04 bits per heavy atom. The van der Waals surface area contributed by atoms with Crippen LogP contribution in [0.5, 0.6) is 0 Å². The van der Waals surface area contributed by atoms with Gasteiger partial charge in [-0.1, -0.05) is 30.3 Å². The first-order chi connectivity index (χ1) is 12.9. The minimum absolute atomic E-state index is 0.163. The lowest BCUT2D eigenvalue weighted by molar-refractivity contribution is 0.0950. The molecule has 2 aromatic rings. The molecule has 1 amide bonds. The molecule has 0 atom stereocenters. The van der Waals surface area contributed by atoms with Crippen molar-refractivity contribution in [2.75, 3.05) is 33.2 Å². The summed E-state index contributed by atoms with van der Waals surface area (Å²) in [5, 5.41) is 2.87. The van der Waals surface area contributed by atoms with Crippen LogP contribution in [0, 0.1) is 6.92 Å². The van der Waals surface area contributed by atoms with Gasteiger partial charge in [0.2, 0.25) is 10.0 Å². The second-order valence-corrected chi connectivity index (χ2v) is 8.78. The van der Waals surface area contributed by atoms with Gasteiger partial charge in [-0.15, -0.1) is 0 Å². The van der Waals surface area contributed by atoms with Gasteiger partial charge in [0.1, 0.15) is 0 Å². The maximum atomic E-state index is 12.9. The van der Waals surface area contributed by atoms with Crippen LogP contribution in [-0.2, 0) is 16.6 Å². The third-order valence-corrected chi connectivity index (χ3v) is 6.79. The topological polar surface area (TPSA) is 69.7 Å². The third kappa shape index (κ3) is 4.55. The molecule has 27 heavy (non-hydrogen) atoms. The van der Waals surface area contributed by atoms with Gasteiger partial charge in [-0.05, 0) is 43.3 Å². The van der Waals surface area contributed by atoms with E-state index in [0.29, 0.717) is 38.3 Å². The van der Waals surface area contributed by atoms with Gasteiger partial charge >= 0.3 is 0 Å². The highest BCUT2D eigenvalue weighted by Crippen LogP contribution is 2.19. The normalized spacial score (nSPS) is 16.2. The molecule has 1 aliphatic rings. The second-order valence-electron chi connectivity index (χ2n) is 6.84. The molecule has 6 nitrogen and oxygen atoms in total. The van der Waals surface area contributed by atoms with Crippen LogP contribution in [0.15, 0.2) is 53.4 Å². The van der Waals surface area contributed by atoms with Crippen LogP contribution in [0.3, 0.4) is 0 Å². The van der Waals surface area contributed by atoms with E-state index in [2.05, 4.69) is 10.2 Å². The Bertz CT molecular complexity index is 920. The Hall–Kier alpha value is -2.22. The van der Waals surface area contributed by atoms with E-state index >= 15 is 0 Å². The second kappa shape index (κ2) is 8.21. The number of sulfonamides is 1. The number of nitrogens with zero attached hydrogens (tertiary/aromatic N) is 2. The fourth-order valence-corrected chi connectivity index (χ4v) is 4.53. The molecular weight excluding hydrogens is 362 g/mol. The van der Waals surface area contributed by atoms with E-state index < -0.39 is 10.0 Å². The van der Waals surface area contributed by atoms with E-state index in [1.165, 1.54) is 10.4 Å². The number of amides is 1. The Labute approximate surface area is 160 Å². The van der Waals surface area contributed by atoms with Crippen molar-refractivity contribution in [3.8, 4) is 0 Å². The zero-order valence-corrected chi connectivity index (χ0v) is 16.5. The van der Waals surface area contributed by atoms with Crippen LogP contribution in [0.1, 0.15) is 21.5 Å². The van der Waals surface area contributed by atoms with Crippen molar-refractivity contribution >= 4 is 15.9 Å². The van der Waals surface area contributed by atoms with E-state index in [-0.39, 0.29) is 10.8 Å². The van der Waals surface area contributed by atoms with Gasteiger partial charge in [0.15, 0.2) is 0 Å². The van der Waals surface area contributed by atoms with Crippen molar-refractivity contribution in [1.82, 2.24) is 14.5 Å². The summed E-state index contributed by atoms with van der Waals surface area (Å²) in [4.78, 5) is 14.8. The molecule has 0 saturated carbocycles. The van der Waals surface area contributed by atoms with Gasteiger partial charge in [-0.2, -0.15) is 4.31 Å². The van der Waals surface area contributed by atoms with Crippen molar-refractivity contribution in [3.63, 3.8) is 0 Å². The molecule has 0 bridgehead atoms. The highest BCUT2D eigenvalue weighted by molar-refractivity contribution is 7.89. The van der Waals surface area contributed by atoms with Gasteiger partial charge < -0.3 is 10.2 Å². The lowest BCUT2D eigenvalue weighted by Crippen LogP contribution is -2.47. The lowest BCUT2D eigenvalue weighted by atomic mass is 10.1. The number of aryl methyl sites for hydroxylation is 1. The van der Waals surface area contributed by atoms with Crippen LogP contribution in [0.25, 0.3) is 0 Å². The van der Waals surface area contributed by atoms with Gasteiger partial charge in [-0.3, -0.25) is 4.79 Å². The van der Waals surface area contributed by atoms with Gasteiger partial charge in [0.05, 0.1) is 4.90 Å². The molecule has 1 saturated heterocycles. The molecule has 0 unspecified atom stereocenters. The summed E-state index contributed by atoms with van der Waals surface area (Å²) in [7, 11) is -1.61. The molecule has 0 aromatic heterocycles. The van der Waals surface area contributed by atoms with Crippen molar-refractivity contribution in [3.05, 3.63) is 65.2 Å². The van der Waals surface area contributed by atoms with Gasteiger partial charge in [-0.25, -0.2) is 8.42 Å². The number of hydrogen-bond donors (Lipinski definition) is 1. The fourth-order valence-electron chi connectivity index (χ4n) is 3.06. The average molecular weight is 388 g/mol. The highest BCUT2D eigenvalue weighted by Gasteiger charge is 2.27. The van der Waals surface area contributed by atoms with E-state index in [9.17, 15) is 13.2 Å². The molecule has 144 valence electrons. The molecule has 0 spiro atoms. The quantitative estimate of drug-likeness (QED) is 0.850. The zero-order chi connectivity index (χ0) is 19.4. The molecule has 0 aliphatic carbocycles. The lowest BCUT2D eigenvalue weighted by Gasteiger charge is -2.31. The number of hydrogen-bond acceptors (Lipinski definition) is 4. The van der Waals surface area contributed by atoms with Crippen LogP contribution < -0.4 is 5.32 Å². The van der Waals surface area contributed by atoms with E-state index in [1.807, 2.05) is 38.2 Å². The van der Waals surface area contributed by atoms with E-state index in [0.717, 1.165) is 11.1 Å². The highest BCUT2D eigenvalue weighted by atomic mass is 32.2. The molecule has 1 N–H and O–H groups in total. The van der Waals surface area contributed by atoms with Crippen molar-refractivity contribution in [2.45, 2.75) is 18.4 Å². The first-order valence-corrected chi connectivity index (χ1v) is 10.4. The van der Waals surface area contributed by atoms with Crippen molar-refractivity contribution in [1.29, 1.82) is 0 Å². The molecule has 3 rings (SSSR count). The molecule has 0 radical (unpaired) electrons. The number of carbonyl (C=O) groups is 1. The maximum Gasteiger partial charge on any atom is 0.251 e. The zero-order valence-electron chi connectivity index (χ0n) is 15.7. The minimum Gasteiger partial charge on any atom is -0.348 e. The Morgan fingerprint density at radius 3 is 2.44 bits per heavy atom. The summed E-state index contributed by atoms with van der Waals surface area (Å²) >= 11 is 0. The molecule has 7 heteroatoms. The van der Waals surface area contributed by atoms with Crippen LogP contribution in [0.4, 0.5) is 0 Å². The first kappa shape index (κ1) is 19.5. The van der Waals surface area contributed by atoms with Crippen LogP contribution in [0.2, 0.25) is 0 Å². The smallest absolute Gasteiger partial charge is 0.251 e. The summed E-state index contributed by atoms with van der Waals surface area (Å²) < 4.78 is 27.2. The molecule has 1 fully saturated rings. The molecule has 1 aliphatic heterocycles. The largest absolute Gasteiger partial charge is 0.348 e. The number of piperazine rings is 1. The fraction of sp³-hybridized carbons (Fsp3) is 0.350. The third-order valence-electron chi connectivity index (χ3n) is 4.90. The summed E-state index contributed by atoms with van der Waals surface area (Å²) in [6.07, 6.45) is 0. The summed E-state index contributed by atoms with van der Waals surface area (Å²) in [5.74, 6) is -0.284. The summed E-state index contributed by atoms with van der Waals surface area (Å²) in [6.45, 7) is 4.72. The van der Waals surface area contributed by atoms with Crippen LogP contribution in [-0.4, -0.2) is 56.8 Å². The predicted molar refractivity (Wildman–Crippen MR) is 105 cm³/mol. The number of carbonyl (C=O) groups excluding carboxylic acids is 1. The molecule has 1 heterocycles. The average Bonchev–Trinajstić information content (AvgIpc) is 2.67. The standard InChI is InChI=1S/C20H25N3O3S/c1-16-6-3-4-7-18(16)15-21-20(24)17-8-5-9-19(14-17)27(25,26)23-12-10-22(2)11-13-23/h3-9,14H,10-13,15H2,1-2H3,(H,21,24). The van der Waals surface area contributed by atoms with Crippen LogP contribution >= 0.6 is 0 Å². The minimum atomic E-state index is -3.59. The number of rotatable bonds is 5. The van der Waals surface area contributed by atoms with Crippen molar-refractivity contribution < 1.29 is 13.2 Å². The van der Waals surface area contributed by atoms with Crippen molar-refractivity contribution in [2.24, 2.45) is 0 Å². The van der Waals surface area contributed by atoms with Gasteiger partial charge in [0.25, 0.3) is 5.91 Å². The first-order valence-electron chi connectivity index (χ1n) is 8.99. The Morgan fingerprint density at radius 2 is 1.74 bits per heavy atom. The number of benzene rings is 2. The molecular formula is C20H25N3O3S. The van der Waals surface area contributed by atoms with E-state index in [1.54, 1.807) is 18.2 Å². The number of nitrogens with one attached hydrogen (secondary N) is 1. The Kier molecular flexibility index (Phi) is 5.94. The summed E-state index contributed by atoms with van der Waals surface area (Å²) in [5.41, 5.74) is 2.48. The predicted octanol–water partition coefficient (Wildman–Crippen LogP) is 1.86.